The maximum absolute atomic E-state index is 5.93. The van der Waals surface area contributed by atoms with Crippen LogP contribution in [0.25, 0.3) is 11.3 Å². The molecule has 0 spiro atoms. The van der Waals surface area contributed by atoms with Gasteiger partial charge < -0.3 is 4.74 Å². The van der Waals surface area contributed by atoms with E-state index in [1.807, 2.05) is 6.07 Å². The van der Waals surface area contributed by atoms with Crippen LogP contribution in [0.1, 0.15) is 0 Å². The first kappa shape index (κ1) is 11.2. The topological polar surface area (TPSA) is 35.0 Å². The second-order valence-corrected chi connectivity index (χ2v) is 3.81. The van der Waals surface area contributed by atoms with Gasteiger partial charge in [0.1, 0.15) is 5.75 Å². The molecule has 0 saturated heterocycles. The first-order valence-electron chi connectivity index (χ1n) is 4.53. The molecule has 0 atom stereocenters. The van der Waals surface area contributed by atoms with E-state index in [4.69, 9.17) is 27.9 Å². The number of methoxy groups -OCH3 is 1. The molecule has 1 aromatic heterocycles. The maximum atomic E-state index is 5.93. The molecule has 0 bridgehead atoms. The second kappa shape index (κ2) is 4.68. The van der Waals surface area contributed by atoms with Gasteiger partial charge in [-0.25, -0.2) is 9.97 Å². The van der Waals surface area contributed by atoms with E-state index >= 15 is 0 Å². The molecule has 2 aromatic rings. The third-order valence-corrected chi connectivity index (χ3v) is 2.57. The van der Waals surface area contributed by atoms with Crippen LogP contribution in [0.5, 0.6) is 5.75 Å². The maximum Gasteiger partial charge on any atom is 0.222 e. The fourth-order valence-electron chi connectivity index (χ4n) is 1.31. The van der Waals surface area contributed by atoms with Gasteiger partial charge in [-0.2, -0.15) is 0 Å². The predicted molar refractivity (Wildman–Crippen MR) is 64.0 cm³/mol. The lowest BCUT2D eigenvalue weighted by atomic mass is 10.1. The first-order valence-corrected chi connectivity index (χ1v) is 5.29. The van der Waals surface area contributed by atoms with Crippen molar-refractivity contribution in [1.82, 2.24) is 9.97 Å². The summed E-state index contributed by atoms with van der Waals surface area (Å²) in [7, 11) is 1.57. The Balaban J connectivity index is 2.48. The van der Waals surface area contributed by atoms with E-state index in [9.17, 15) is 0 Å². The lowest BCUT2D eigenvalue weighted by Gasteiger charge is -2.05. The molecule has 0 fully saturated rings. The zero-order chi connectivity index (χ0) is 11.5. The van der Waals surface area contributed by atoms with Gasteiger partial charge >= 0.3 is 0 Å². The summed E-state index contributed by atoms with van der Waals surface area (Å²) in [6.45, 7) is 0. The van der Waals surface area contributed by atoms with Crippen LogP contribution in [-0.2, 0) is 0 Å². The van der Waals surface area contributed by atoms with Gasteiger partial charge in [0.15, 0.2) is 0 Å². The molecule has 5 heteroatoms. The third kappa shape index (κ3) is 2.26. The van der Waals surface area contributed by atoms with E-state index in [1.54, 1.807) is 31.5 Å². The molecule has 0 N–H and O–H groups in total. The molecule has 0 unspecified atom stereocenters. The largest absolute Gasteiger partial charge is 0.495 e. The van der Waals surface area contributed by atoms with Crippen LogP contribution >= 0.6 is 23.2 Å². The SMILES string of the molecule is COc1cc(-c2ccnc(Cl)n2)ccc1Cl. The first-order chi connectivity index (χ1) is 7.70. The van der Waals surface area contributed by atoms with Crippen molar-refractivity contribution in [1.29, 1.82) is 0 Å². The Morgan fingerprint density at radius 2 is 2.00 bits per heavy atom. The summed E-state index contributed by atoms with van der Waals surface area (Å²) in [6, 6.07) is 7.19. The Labute approximate surface area is 103 Å². The molecule has 0 saturated carbocycles. The minimum absolute atomic E-state index is 0.214. The summed E-state index contributed by atoms with van der Waals surface area (Å²) < 4.78 is 5.13. The monoisotopic (exact) mass is 254 g/mol. The van der Waals surface area contributed by atoms with E-state index in [0.29, 0.717) is 10.8 Å². The molecule has 2 rings (SSSR count). The zero-order valence-electron chi connectivity index (χ0n) is 8.45. The summed E-state index contributed by atoms with van der Waals surface area (Å²) in [6.07, 6.45) is 1.60. The molecule has 0 aliphatic rings. The number of hydrogen-bond donors (Lipinski definition) is 0. The van der Waals surface area contributed by atoms with Crippen LogP contribution < -0.4 is 4.74 Å². The molecule has 82 valence electrons. The van der Waals surface area contributed by atoms with Crippen LogP contribution in [-0.4, -0.2) is 17.1 Å². The van der Waals surface area contributed by atoms with Crippen molar-refractivity contribution in [2.24, 2.45) is 0 Å². The normalized spacial score (nSPS) is 10.2. The van der Waals surface area contributed by atoms with Crippen molar-refractivity contribution >= 4 is 23.2 Å². The summed E-state index contributed by atoms with van der Waals surface area (Å²) in [4.78, 5) is 7.93. The molecule has 16 heavy (non-hydrogen) atoms. The molecular weight excluding hydrogens is 247 g/mol. The number of aromatic nitrogens is 2. The van der Waals surface area contributed by atoms with Gasteiger partial charge in [0, 0.05) is 11.8 Å². The van der Waals surface area contributed by atoms with Gasteiger partial charge in [-0.05, 0) is 29.8 Å². The van der Waals surface area contributed by atoms with Gasteiger partial charge in [-0.3, -0.25) is 0 Å². The quantitative estimate of drug-likeness (QED) is 0.771. The van der Waals surface area contributed by atoms with Gasteiger partial charge in [0.05, 0.1) is 17.8 Å². The van der Waals surface area contributed by atoms with Gasteiger partial charge in [-0.15, -0.1) is 0 Å². The number of hydrogen-bond acceptors (Lipinski definition) is 3. The molecule has 1 aromatic carbocycles. The standard InChI is InChI=1S/C11H8Cl2N2O/c1-16-10-6-7(2-3-8(10)12)9-4-5-14-11(13)15-9/h2-6H,1H3. The Kier molecular flexibility index (Phi) is 3.27. The number of halogens is 2. The lowest BCUT2D eigenvalue weighted by molar-refractivity contribution is 0.415. The Morgan fingerprint density at radius 3 is 2.69 bits per heavy atom. The molecule has 1 heterocycles. The minimum Gasteiger partial charge on any atom is -0.495 e. The van der Waals surface area contributed by atoms with Crippen LogP contribution in [0.3, 0.4) is 0 Å². The van der Waals surface area contributed by atoms with Crippen molar-refractivity contribution in [3.63, 3.8) is 0 Å². The molecule has 3 nitrogen and oxygen atoms in total. The van der Waals surface area contributed by atoms with Gasteiger partial charge in [0.25, 0.3) is 0 Å². The third-order valence-electron chi connectivity index (χ3n) is 2.07. The molecule has 0 radical (unpaired) electrons. The van der Waals surface area contributed by atoms with E-state index in [-0.39, 0.29) is 5.28 Å². The molecule has 0 aliphatic carbocycles. The number of nitrogens with zero attached hydrogens (tertiary/aromatic N) is 2. The highest BCUT2D eigenvalue weighted by atomic mass is 35.5. The highest BCUT2D eigenvalue weighted by Crippen LogP contribution is 2.29. The number of rotatable bonds is 2. The van der Waals surface area contributed by atoms with Crippen molar-refractivity contribution in [2.45, 2.75) is 0 Å². The fourth-order valence-corrected chi connectivity index (χ4v) is 1.66. The van der Waals surface area contributed by atoms with Gasteiger partial charge in [-0.1, -0.05) is 17.7 Å². The Morgan fingerprint density at radius 1 is 1.19 bits per heavy atom. The van der Waals surface area contributed by atoms with Crippen molar-refractivity contribution < 1.29 is 4.74 Å². The fraction of sp³-hybridized carbons (Fsp3) is 0.0909. The second-order valence-electron chi connectivity index (χ2n) is 3.06. The van der Waals surface area contributed by atoms with Crippen LogP contribution in [0.2, 0.25) is 10.3 Å². The predicted octanol–water partition coefficient (Wildman–Crippen LogP) is 3.46. The van der Waals surface area contributed by atoms with Crippen LogP contribution in [0, 0.1) is 0 Å². The van der Waals surface area contributed by atoms with Crippen LogP contribution in [0.15, 0.2) is 30.5 Å². The smallest absolute Gasteiger partial charge is 0.222 e. The van der Waals surface area contributed by atoms with E-state index < -0.39 is 0 Å². The van der Waals surface area contributed by atoms with Crippen molar-refractivity contribution in [2.75, 3.05) is 7.11 Å². The van der Waals surface area contributed by atoms with E-state index in [0.717, 1.165) is 11.3 Å². The average Bonchev–Trinajstić information content (AvgIpc) is 2.29. The van der Waals surface area contributed by atoms with Crippen molar-refractivity contribution in [3.05, 3.63) is 40.8 Å². The summed E-state index contributed by atoms with van der Waals surface area (Å²) in [5.74, 6) is 0.605. The van der Waals surface area contributed by atoms with Crippen molar-refractivity contribution in [3.8, 4) is 17.0 Å². The summed E-state index contributed by atoms with van der Waals surface area (Å²) in [5.41, 5.74) is 1.61. The molecule has 0 amide bonds. The average molecular weight is 255 g/mol. The Bertz CT molecular complexity index is 517. The summed E-state index contributed by atoms with van der Waals surface area (Å²) in [5, 5.41) is 0.776. The number of ether oxygens (including phenoxy) is 1. The van der Waals surface area contributed by atoms with Gasteiger partial charge in [0.2, 0.25) is 5.28 Å². The minimum atomic E-state index is 0.214. The highest BCUT2D eigenvalue weighted by Gasteiger charge is 2.05. The summed E-state index contributed by atoms with van der Waals surface area (Å²) >= 11 is 11.7. The van der Waals surface area contributed by atoms with Crippen LogP contribution in [0.4, 0.5) is 0 Å². The van der Waals surface area contributed by atoms with E-state index in [2.05, 4.69) is 9.97 Å². The molecule has 0 aliphatic heterocycles. The Hall–Kier alpha value is -1.32. The zero-order valence-corrected chi connectivity index (χ0v) is 9.96. The molecular formula is C11H8Cl2N2O. The highest BCUT2D eigenvalue weighted by molar-refractivity contribution is 6.32. The van der Waals surface area contributed by atoms with E-state index in [1.165, 1.54) is 0 Å². The number of benzene rings is 1. The lowest BCUT2D eigenvalue weighted by Crippen LogP contribution is -1.89.